The van der Waals surface area contributed by atoms with Crippen molar-refractivity contribution >= 4 is 11.3 Å². The maximum atomic E-state index is 13.5. The molecule has 1 aliphatic heterocycles. The van der Waals surface area contributed by atoms with E-state index < -0.39 is 11.6 Å². The molecule has 4 rings (SSSR count). The zero-order chi connectivity index (χ0) is 15.8. The minimum atomic E-state index is -0.852. The molecule has 3 heterocycles. The third kappa shape index (κ3) is 2.77. The summed E-state index contributed by atoms with van der Waals surface area (Å²) >= 11 is 1.64. The second-order valence-corrected chi connectivity index (χ2v) is 6.52. The van der Waals surface area contributed by atoms with Crippen molar-refractivity contribution in [2.24, 2.45) is 0 Å². The summed E-state index contributed by atoms with van der Waals surface area (Å²) in [6.45, 7) is 2.44. The van der Waals surface area contributed by atoms with Gasteiger partial charge in [-0.1, -0.05) is 0 Å². The summed E-state index contributed by atoms with van der Waals surface area (Å²) in [5, 5.41) is 10.4. The molecular formula is C16H14F2N4S. The number of nitrogens with zero attached hydrogens (tertiary/aromatic N) is 3. The van der Waals surface area contributed by atoms with Crippen molar-refractivity contribution in [1.82, 2.24) is 20.1 Å². The predicted octanol–water partition coefficient (Wildman–Crippen LogP) is 3.37. The van der Waals surface area contributed by atoms with E-state index in [1.807, 2.05) is 5.38 Å². The maximum Gasteiger partial charge on any atom is 0.159 e. The Balaban J connectivity index is 1.62. The van der Waals surface area contributed by atoms with Crippen LogP contribution in [0.4, 0.5) is 8.78 Å². The lowest BCUT2D eigenvalue weighted by molar-refractivity contribution is 0.245. The molecule has 2 aromatic heterocycles. The van der Waals surface area contributed by atoms with E-state index in [0.717, 1.165) is 48.4 Å². The Bertz CT molecular complexity index is 829. The first kappa shape index (κ1) is 14.5. The predicted molar refractivity (Wildman–Crippen MR) is 83.9 cm³/mol. The highest BCUT2D eigenvalue weighted by Crippen LogP contribution is 2.29. The van der Waals surface area contributed by atoms with Gasteiger partial charge in [-0.2, -0.15) is 5.10 Å². The second-order valence-electron chi connectivity index (χ2n) is 5.54. The molecule has 0 aliphatic carbocycles. The minimum absolute atomic E-state index is 0.595. The van der Waals surface area contributed by atoms with Crippen molar-refractivity contribution < 1.29 is 8.78 Å². The number of halogens is 2. The van der Waals surface area contributed by atoms with Crippen LogP contribution in [0.15, 0.2) is 29.8 Å². The van der Waals surface area contributed by atoms with Crippen LogP contribution in [0.2, 0.25) is 0 Å². The van der Waals surface area contributed by atoms with Crippen molar-refractivity contribution in [2.45, 2.75) is 19.5 Å². The Morgan fingerprint density at radius 2 is 2.17 bits per heavy atom. The molecule has 1 aromatic carbocycles. The normalized spacial score (nSPS) is 14.9. The van der Waals surface area contributed by atoms with Crippen LogP contribution in [0.3, 0.4) is 0 Å². The molecule has 0 unspecified atom stereocenters. The highest BCUT2D eigenvalue weighted by atomic mass is 32.1. The Hall–Kier alpha value is -2.12. The van der Waals surface area contributed by atoms with E-state index in [1.165, 1.54) is 6.07 Å². The van der Waals surface area contributed by atoms with Gasteiger partial charge < -0.3 is 0 Å². The second kappa shape index (κ2) is 5.82. The van der Waals surface area contributed by atoms with Gasteiger partial charge in [-0.3, -0.25) is 10.00 Å². The van der Waals surface area contributed by atoms with E-state index in [1.54, 1.807) is 23.6 Å². The smallest absolute Gasteiger partial charge is 0.159 e. The Morgan fingerprint density at radius 3 is 2.96 bits per heavy atom. The van der Waals surface area contributed by atoms with E-state index in [9.17, 15) is 8.78 Å². The van der Waals surface area contributed by atoms with Crippen LogP contribution in [0, 0.1) is 11.6 Å². The van der Waals surface area contributed by atoms with Gasteiger partial charge in [0.1, 0.15) is 5.01 Å². The van der Waals surface area contributed by atoms with Crippen LogP contribution in [0.5, 0.6) is 0 Å². The van der Waals surface area contributed by atoms with Gasteiger partial charge in [-0.25, -0.2) is 13.8 Å². The Labute approximate surface area is 135 Å². The third-order valence-corrected chi connectivity index (χ3v) is 4.81. The summed E-state index contributed by atoms with van der Waals surface area (Å²) in [4.78, 5) is 6.61. The number of H-pyrrole nitrogens is 1. The molecular weight excluding hydrogens is 318 g/mol. The van der Waals surface area contributed by atoms with E-state index in [4.69, 9.17) is 0 Å². The van der Waals surface area contributed by atoms with Gasteiger partial charge in [0, 0.05) is 47.9 Å². The molecule has 1 N–H and O–H groups in total. The minimum Gasteiger partial charge on any atom is -0.292 e. The van der Waals surface area contributed by atoms with Gasteiger partial charge in [0.25, 0.3) is 0 Å². The van der Waals surface area contributed by atoms with Crippen molar-refractivity contribution in [3.63, 3.8) is 0 Å². The van der Waals surface area contributed by atoms with Crippen molar-refractivity contribution in [3.8, 4) is 11.3 Å². The van der Waals surface area contributed by atoms with Crippen molar-refractivity contribution in [3.05, 3.63) is 57.7 Å². The first-order chi connectivity index (χ1) is 11.2. The molecule has 0 bridgehead atoms. The number of benzene rings is 1. The standard InChI is InChI=1S/C16H14F2N4S/c17-12-2-1-10(7-13(12)18)16-11-8-22(5-3-14(11)20-21-16)9-15-19-4-6-23-15/h1-2,4,6-7H,3,5,8-9H2,(H,20,21). The summed E-state index contributed by atoms with van der Waals surface area (Å²) < 4.78 is 26.6. The largest absolute Gasteiger partial charge is 0.292 e. The SMILES string of the molecule is Fc1ccc(-c2n[nH]c3c2CN(Cc2nccs2)CC3)cc1F. The number of nitrogens with one attached hydrogen (secondary N) is 1. The number of aromatic nitrogens is 3. The van der Waals surface area contributed by atoms with Gasteiger partial charge in [-0.05, 0) is 18.2 Å². The highest BCUT2D eigenvalue weighted by molar-refractivity contribution is 7.09. The number of hydrogen-bond acceptors (Lipinski definition) is 4. The summed E-state index contributed by atoms with van der Waals surface area (Å²) in [6, 6.07) is 3.90. The summed E-state index contributed by atoms with van der Waals surface area (Å²) in [5.74, 6) is -1.70. The zero-order valence-electron chi connectivity index (χ0n) is 12.2. The van der Waals surface area contributed by atoms with Crippen LogP contribution in [0.25, 0.3) is 11.3 Å². The van der Waals surface area contributed by atoms with E-state index in [2.05, 4.69) is 20.1 Å². The lowest BCUT2D eigenvalue weighted by atomic mass is 10.0. The number of thiazole rings is 1. The van der Waals surface area contributed by atoms with E-state index in [-0.39, 0.29) is 0 Å². The highest BCUT2D eigenvalue weighted by Gasteiger charge is 2.23. The van der Waals surface area contributed by atoms with E-state index in [0.29, 0.717) is 11.3 Å². The summed E-state index contributed by atoms with van der Waals surface area (Å²) in [7, 11) is 0. The zero-order valence-corrected chi connectivity index (χ0v) is 13.0. The molecule has 23 heavy (non-hydrogen) atoms. The topological polar surface area (TPSA) is 44.8 Å². The fourth-order valence-corrected chi connectivity index (χ4v) is 3.55. The van der Waals surface area contributed by atoms with Crippen LogP contribution < -0.4 is 0 Å². The number of hydrogen-bond donors (Lipinski definition) is 1. The third-order valence-electron chi connectivity index (χ3n) is 4.05. The van der Waals surface area contributed by atoms with Crippen molar-refractivity contribution in [1.29, 1.82) is 0 Å². The first-order valence-corrected chi connectivity index (χ1v) is 8.21. The molecule has 3 aromatic rings. The molecule has 7 heteroatoms. The number of rotatable bonds is 3. The first-order valence-electron chi connectivity index (χ1n) is 7.33. The molecule has 0 fully saturated rings. The maximum absolute atomic E-state index is 13.5. The lowest BCUT2D eigenvalue weighted by Gasteiger charge is -2.26. The molecule has 0 spiro atoms. The van der Waals surface area contributed by atoms with Gasteiger partial charge in [0.2, 0.25) is 0 Å². The van der Waals surface area contributed by atoms with Crippen molar-refractivity contribution in [2.75, 3.05) is 6.54 Å². The molecule has 0 saturated carbocycles. The average molecular weight is 332 g/mol. The molecule has 118 valence electrons. The van der Waals surface area contributed by atoms with Gasteiger partial charge in [-0.15, -0.1) is 11.3 Å². The quantitative estimate of drug-likeness (QED) is 0.800. The molecule has 1 aliphatic rings. The van der Waals surface area contributed by atoms with Crippen LogP contribution >= 0.6 is 11.3 Å². The molecule has 0 radical (unpaired) electrons. The molecule has 0 amide bonds. The van der Waals surface area contributed by atoms with Gasteiger partial charge in [0.15, 0.2) is 11.6 Å². The number of fused-ring (bicyclic) bond motifs is 1. The fourth-order valence-electron chi connectivity index (χ4n) is 2.89. The molecule has 0 saturated heterocycles. The Kier molecular flexibility index (Phi) is 3.66. The van der Waals surface area contributed by atoms with Crippen LogP contribution in [0.1, 0.15) is 16.3 Å². The number of aromatic amines is 1. The summed E-state index contributed by atoms with van der Waals surface area (Å²) in [6.07, 6.45) is 2.66. The lowest BCUT2D eigenvalue weighted by Crippen LogP contribution is -2.29. The van der Waals surface area contributed by atoms with Crippen LogP contribution in [-0.2, 0) is 19.5 Å². The van der Waals surface area contributed by atoms with Gasteiger partial charge in [0.05, 0.1) is 12.2 Å². The molecule has 4 nitrogen and oxygen atoms in total. The monoisotopic (exact) mass is 332 g/mol. The fraction of sp³-hybridized carbons (Fsp3) is 0.250. The summed E-state index contributed by atoms with van der Waals surface area (Å²) in [5.41, 5.74) is 3.42. The molecule has 0 atom stereocenters. The van der Waals surface area contributed by atoms with E-state index >= 15 is 0 Å². The van der Waals surface area contributed by atoms with Gasteiger partial charge >= 0.3 is 0 Å². The Morgan fingerprint density at radius 1 is 1.26 bits per heavy atom. The average Bonchev–Trinajstić information content (AvgIpc) is 3.19. The van der Waals surface area contributed by atoms with Crippen LogP contribution in [-0.4, -0.2) is 26.6 Å².